The molecule has 1 saturated heterocycles. The van der Waals surface area contributed by atoms with Crippen LogP contribution in [0.1, 0.15) is 38.7 Å². The third-order valence-electron chi connectivity index (χ3n) is 3.86. The van der Waals surface area contributed by atoms with Gasteiger partial charge in [0.25, 0.3) is 0 Å². The first-order valence-electron chi connectivity index (χ1n) is 6.58. The van der Waals surface area contributed by atoms with E-state index in [1.165, 1.54) is 6.42 Å². The third kappa shape index (κ3) is 3.09. The zero-order valence-corrected chi connectivity index (χ0v) is 12.9. The van der Waals surface area contributed by atoms with Gasteiger partial charge in [0.1, 0.15) is 6.07 Å². The third-order valence-corrected chi connectivity index (χ3v) is 4.64. The Kier molecular flexibility index (Phi) is 4.15. The average Bonchev–Trinajstić information content (AvgIpc) is 2.54. The molecule has 1 aromatic rings. The number of benzene rings is 1. The lowest BCUT2D eigenvalue weighted by Gasteiger charge is -2.25. The minimum absolute atomic E-state index is 0.274. The maximum Gasteiger partial charge on any atom is 0.161 e. The van der Waals surface area contributed by atoms with Crippen molar-refractivity contribution in [3.63, 3.8) is 0 Å². The summed E-state index contributed by atoms with van der Waals surface area (Å²) in [6.07, 6.45) is 3.30. The Morgan fingerprint density at radius 2 is 2.05 bits per heavy atom. The van der Waals surface area contributed by atoms with Crippen molar-refractivity contribution in [2.45, 2.75) is 33.1 Å². The standard InChI is InChI=1S/C15H18BrFN2/c1-15(2)6-3-8-19(9-7-15)12-5-4-11(10-18)13(16)14(12)17/h4-5H,3,6-9H2,1-2H3. The zero-order valence-electron chi connectivity index (χ0n) is 11.3. The van der Waals surface area contributed by atoms with Gasteiger partial charge in [-0.25, -0.2) is 4.39 Å². The van der Waals surface area contributed by atoms with Gasteiger partial charge in [-0.15, -0.1) is 0 Å². The molecule has 0 N–H and O–H groups in total. The summed E-state index contributed by atoms with van der Waals surface area (Å²) in [4.78, 5) is 2.09. The van der Waals surface area contributed by atoms with Crippen LogP contribution >= 0.6 is 15.9 Å². The molecule has 0 unspecified atom stereocenters. The number of halogens is 2. The van der Waals surface area contributed by atoms with E-state index >= 15 is 0 Å². The molecule has 0 aliphatic carbocycles. The molecule has 1 aliphatic heterocycles. The summed E-state index contributed by atoms with van der Waals surface area (Å²) >= 11 is 3.18. The van der Waals surface area contributed by atoms with Crippen LogP contribution in [0.25, 0.3) is 0 Å². The van der Waals surface area contributed by atoms with Crippen LogP contribution in [0.2, 0.25) is 0 Å². The molecule has 0 saturated carbocycles. The fourth-order valence-corrected chi connectivity index (χ4v) is 2.96. The van der Waals surface area contributed by atoms with Gasteiger partial charge in [0, 0.05) is 13.1 Å². The lowest BCUT2D eigenvalue weighted by atomic mass is 9.85. The number of nitrogens with zero attached hydrogens (tertiary/aromatic N) is 2. The highest BCUT2D eigenvalue weighted by atomic mass is 79.9. The highest BCUT2D eigenvalue weighted by Crippen LogP contribution is 2.34. The summed E-state index contributed by atoms with van der Waals surface area (Å²) in [6, 6.07) is 5.38. The molecule has 1 aliphatic rings. The predicted molar refractivity (Wildman–Crippen MR) is 78.7 cm³/mol. The molecule has 1 fully saturated rings. The van der Waals surface area contributed by atoms with Crippen molar-refractivity contribution in [2.24, 2.45) is 5.41 Å². The number of rotatable bonds is 1. The summed E-state index contributed by atoms with van der Waals surface area (Å²) in [6.45, 7) is 6.27. The maximum atomic E-state index is 14.3. The van der Waals surface area contributed by atoms with E-state index in [0.717, 1.165) is 25.9 Å². The van der Waals surface area contributed by atoms with Gasteiger partial charge < -0.3 is 4.90 Å². The highest BCUT2D eigenvalue weighted by Gasteiger charge is 2.25. The molecule has 0 aromatic heterocycles. The van der Waals surface area contributed by atoms with Crippen molar-refractivity contribution in [3.05, 3.63) is 28.0 Å². The van der Waals surface area contributed by atoms with E-state index in [4.69, 9.17) is 5.26 Å². The van der Waals surface area contributed by atoms with Gasteiger partial charge >= 0.3 is 0 Å². The van der Waals surface area contributed by atoms with Gasteiger partial charge in [-0.05, 0) is 52.7 Å². The molecule has 1 heterocycles. The highest BCUT2D eigenvalue weighted by molar-refractivity contribution is 9.10. The molecular weight excluding hydrogens is 307 g/mol. The van der Waals surface area contributed by atoms with E-state index < -0.39 is 0 Å². The van der Waals surface area contributed by atoms with Gasteiger partial charge in [-0.1, -0.05) is 13.8 Å². The second-order valence-electron chi connectivity index (χ2n) is 5.88. The van der Waals surface area contributed by atoms with Crippen molar-refractivity contribution in [1.82, 2.24) is 0 Å². The van der Waals surface area contributed by atoms with Crippen LogP contribution in [0.4, 0.5) is 10.1 Å². The molecule has 102 valence electrons. The molecule has 4 heteroatoms. The minimum Gasteiger partial charge on any atom is -0.369 e. The van der Waals surface area contributed by atoms with E-state index in [2.05, 4.69) is 34.7 Å². The second kappa shape index (κ2) is 5.50. The molecule has 19 heavy (non-hydrogen) atoms. The summed E-state index contributed by atoms with van der Waals surface area (Å²) in [5.74, 6) is -0.321. The van der Waals surface area contributed by atoms with E-state index in [-0.39, 0.29) is 10.3 Å². The summed E-state index contributed by atoms with van der Waals surface area (Å²) in [5, 5.41) is 8.90. The Balaban J connectivity index is 2.28. The smallest absolute Gasteiger partial charge is 0.161 e. The van der Waals surface area contributed by atoms with Crippen molar-refractivity contribution in [1.29, 1.82) is 5.26 Å². The summed E-state index contributed by atoms with van der Waals surface area (Å²) in [7, 11) is 0. The lowest BCUT2D eigenvalue weighted by Crippen LogP contribution is -2.26. The molecule has 2 rings (SSSR count). The van der Waals surface area contributed by atoms with Crippen LogP contribution in [0.5, 0.6) is 0 Å². The molecule has 0 spiro atoms. The van der Waals surface area contributed by atoms with Crippen LogP contribution < -0.4 is 4.90 Å². The van der Waals surface area contributed by atoms with Gasteiger partial charge in [0.05, 0.1) is 15.7 Å². The quantitative estimate of drug-likeness (QED) is 0.761. The first-order valence-corrected chi connectivity index (χ1v) is 7.37. The Morgan fingerprint density at radius 3 is 2.74 bits per heavy atom. The number of hydrogen-bond acceptors (Lipinski definition) is 2. The summed E-state index contributed by atoms with van der Waals surface area (Å²) < 4.78 is 14.6. The average molecular weight is 325 g/mol. The fraction of sp³-hybridized carbons (Fsp3) is 0.533. The monoisotopic (exact) mass is 324 g/mol. The van der Waals surface area contributed by atoms with Crippen molar-refractivity contribution in [3.8, 4) is 6.07 Å². The van der Waals surface area contributed by atoms with E-state index in [1.54, 1.807) is 12.1 Å². The van der Waals surface area contributed by atoms with Gasteiger partial charge in [0.2, 0.25) is 0 Å². The lowest BCUT2D eigenvalue weighted by molar-refractivity contribution is 0.325. The van der Waals surface area contributed by atoms with Gasteiger partial charge in [0.15, 0.2) is 5.82 Å². The first kappa shape index (κ1) is 14.3. The van der Waals surface area contributed by atoms with Crippen LogP contribution in [0, 0.1) is 22.6 Å². The topological polar surface area (TPSA) is 27.0 Å². The van der Waals surface area contributed by atoms with Crippen LogP contribution in [-0.2, 0) is 0 Å². The van der Waals surface area contributed by atoms with Crippen LogP contribution in [-0.4, -0.2) is 13.1 Å². The normalized spacial score (nSPS) is 18.8. The molecule has 0 atom stereocenters. The molecule has 0 bridgehead atoms. The van der Waals surface area contributed by atoms with Crippen molar-refractivity contribution >= 4 is 21.6 Å². The maximum absolute atomic E-state index is 14.3. The van der Waals surface area contributed by atoms with E-state index in [0.29, 0.717) is 16.7 Å². The fourth-order valence-electron chi connectivity index (χ4n) is 2.53. The largest absolute Gasteiger partial charge is 0.369 e. The second-order valence-corrected chi connectivity index (χ2v) is 6.67. The Morgan fingerprint density at radius 1 is 1.32 bits per heavy atom. The number of anilines is 1. The minimum atomic E-state index is -0.321. The van der Waals surface area contributed by atoms with Crippen LogP contribution in [0.3, 0.4) is 0 Å². The SMILES string of the molecule is CC1(C)CCCN(c2ccc(C#N)c(Br)c2F)CC1. The molecule has 0 amide bonds. The first-order chi connectivity index (χ1) is 8.94. The number of hydrogen-bond donors (Lipinski definition) is 0. The summed E-state index contributed by atoms with van der Waals surface area (Å²) in [5.41, 5.74) is 1.27. The molecule has 1 aromatic carbocycles. The predicted octanol–water partition coefficient (Wildman–Crippen LogP) is 4.48. The van der Waals surface area contributed by atoms with Gasteiger partial charge in [-0.2, -0.15) is 5.26 Å². The van der Waals surface area contributed by atoms with Crippen LogP contribution in [0.15, 0.2) is 16.6 Å². The Bertz CT molecular complexity index is 520. The van der Waals surface area contributed by atoms with E-state index in [1.807, 2.05) is 6.07 Å². The van der Waals surface area contributed by atoms with Crippen molar-refractivity contribution < 1.29 is 4.39 Å². The number of nitriles is 1. The molecular formula is C15H18BrFN2. The van der Waals surface area contributed by atoms with E-state index in [9.17, 15) is 4.39 Å². The van der Waals surface area contributed by atoms with Gasteiger partial charge in [-0.3, -0.25) is 0 Å². The Labute approximate surface area is 122 Å². The molecule has 0 radical (unpaired) electrons. The molecule has 2 nitrogen and oxygen atoms in total. The zero-order chi connectivity index (χ0) is 14.0. The van der Waals surface area contributed by atoms with Crippen molar-refractivity contribution in [2.75, 3.05) is 18.0 Å². The Hall–Kier alpha value is -1.08.